The average molecular weight is 479 g/mol. The van der Waals surface area contributed by atoms with Crippen LogP contribution in [0.2, 0.25) is 5.02 Å². The minimum Gasteiger partial charge on any atom is -0.351 e. The summed E-state index contributed by atoms with van der Waals surface area (Å²) in [5.41, 5.74) is 0.687. The predicted octanol–water partition coefficient (Wildman–Crippen LogP) is 5.35. The molecule has 0 fully saturated rings. The van der Waals surface area contributed by atoms with E-state index in [0.29, 0.717) is 17.0 Å². The molecule has 0 saturated carbocycles. The van der Waals surface area contributed by atoms with Gasteiger partial charge in [-0.05, 0) is 48.9 Å². The van der Waals surface area contributed by atoms with Crippen molar-refractivity contribution in [1.29, 1.82) is 10.5 Å². The summed E-state index contributed by atoms with van der Waals surface area (Å²) in [6.07, 6.45) is 0.683. The quantitative estimate of drug-likeness (QED) is 0.533. The van der Waals surface area contributed by atoms with E-state index < -0.39 is 29.2 Å². The summed E-state index contributed by atoms with van der Waals surface area (Å²) in [6, 6.07) is 17.6. The van der Waals surface area contributed by atoms with Crippen molar-refractivity contribution in [3.05, 3.63) is 70.2 Å². The Morgan fingerprint density at radius 2 is 1.56 bits per heavy atom. The summed E-state index contributed by atoms with van der Waals surface area (Å²) in [7, 11) is 0. The van der Waals surface area contributed by atoms with Gasteiger partial charge in [-0.3, -0.25) is 9.59 Å². The number of carbonyl (C=O) groups excluding carboxylic acids is 2. The number of carbonyl (C=O) groups is 2. The maximum atomic E-state index is 13.4. The monoisotopic (exact) mass is 478 g/mol. The molecule has 2 aromatic rings. The van der Waals surface area contributed by atoms with Crippen LogP contribution >= 0.6 is 11.6 Å². The topological polar surface area (TPSA) is 106 Å². The van der Waals surface area contributed by atoms with E-state index in [2.05, 4.69) is 31.4 Å². The van der Waals surface area contributed by atoms with E-state index in [1.54, 1.807) is 36.4 Å². The highest BCUT2D eigenvalue weighted by Gasteiger charge is 2.36. The summed E-state index contributed by atoms with van der Waals surface area (Å²) in [5.74, 6) is -3.27. The second-order valence-electron chi connectivity index (χ2n) is 10.2. The normalized spacial score (nSPS) is 12.4. The molecule has 0 spiro atoms. The van der Waals surface area contributed by atoms with Gasteiger partial charge >= 0.3 is 0 Å². The zero-order valence-electron chi connectivity index (χ0n) is 20.3. The smallest absolute Gasteiger partial charge is 0.251 e. The van der Waals surface area contributed by atoms with Crippen LogP contribution < -0.4 is 10.6 Å². The van der Waals surface area contributed by atoms with E-state index in [1.165, 1.54) is 0 Å². The fourth-order valence-corrected chi connectivity index (χ4v) is 4.52. The first-order chi connectivity index (χ1) is 15.9. The minimum absolute atomic E-state index is 0.0490. The van der Waals surface area contributed by atoms with Crippen LogP contribution in [0.5, 0.6) is 0 Å². The number of nitrogens with one attached hydrogen (secondary N) is 2. The maximum absolute atomic E-state index is 13.4. The summed E-state index contributed by atoms with van der Waals surface area (Å²) in [6.45, 7) is 10.2. The minimum atomic E-state index is -1.26. The number of rotatable bonds is 8. The maximum Gasteiger partial charge on any atom is 0.251 e. The number of hydrogen-bond donors (Lipinski definition) is 2. The van der Waals surface area contributed by atoms with Crippen LogP contribution in [0.25, 0.3) is 0 Å². The Bertz CT molecular complexity index is 1110. The zero-order valence-corrected chi connectivity index (χ0v) is 21.0. The summed E-state index contributed by atoms with van der Waals surface area (Å²) in [5, 5.41) is 25.6. The molecule has 2 rings (SSSR count). The highest BCUT2D eigenvalue weighted by Crippen LogP contribution is 2.31. The van der Waals surface area contributed by atoms with Gasteiger partial charge in [0.15, 0.2) is 0 Å². The molecule has 0 aromatic heterocycles. The number of nitrogens with zero attached hydrogens (tertiary/aromatic N) is 2. The van der Waals surface area contributed by atoms with E-state index in [0.717, 1.165) is 5.56 Å². The van der Waals surface area contributed by atoms with E-state index in [4.69, 9.17) is 11.6 Å². The Hall–Kier alpha value is -3.35. The predicted molar refractivity (Wildman–Crippen MR) is 133 cm³/mol. The molecule has 6 nitrogen and oxygen atoms in total. The molecule has 0 aliphatic rings. The first-order valence-corrected chi connectivity index (χ1v) is 11.5. The molecule has 0 heterocycles. The molecule has 34 heavy (non-hydrogen) atoms. The third-order valence-electron chi connectivity index (χ3n) is 5.27. The molecule has 2 aromatic carbocycles. The molecule has 1 unspecified atom stereocenters. The van der Waals surface area contributed by atoms with Gasteiger partial charge in [0.2, 0.25) is 5.91 Å². The highest BCUT2D eigenvalue weighted by molar-refractivity contribution is 6.31. The molecule has 0 aliphatic heterocycles. The SMILES string of the molecule is CC(C)(C)CC(C)(C)NC(=O)C(c1ccccc1C(=O)NCc1ccccc1Cl)C(C#N)C#N. The Morgan fingerprint density at radius 1 is 0.971 bits per heavy atom. The van der Waals surface area contributed by atoms with Crippen LogP contribution in [-0.2, 0) is 11.3 Å². The van der Waals surface area contributed by atoms with Crippen molar-refractivity contribution >= 4 is 23.4 Å². The third-order valence-corrected chi connectivity index (χ3v) is 5.63. The van der Waals surface area contributed by atoms with E-state index in [1.807, 2.05) is 38.1 Å². The van der Waals surface area contributed by atoms with Crippen LogP contribution in [0.15, 0.2) is 48.5 Å². The van der Waals surface area contributed by atoms with E-state index >= 15 is 0 Å². The van der Waals surface area contributed by atoms with Crippen LogP contribution in [-0.4, -0.2) is 17.4 Å². The van der Waals surface area contributed by atoms with Gasteiger partial charge in [-0.15, -0.1) is 0 Å². The molecular formula is C27H31ClN4O2. The Kier molecular flexibility index (Phi) is 8.85. The van der Waals surface area contributed by atoms with Gasteiger partial charge in [0.05, 0.1) is 18.1 Å². The molecule has 2 N–H and O–H groups in total. The molecule has 7 heteroatoms. The third kappa shape index (κ3) is 7.33. The second kappa shape index (κ2) is 11.2. The van der Waals surface area contributed by atoms with Crippen LogP contribution in [0.4, 0.5) is 0 Å². The number of amides is 2. The van der Waals surface area contributed by atoms with Crippen LogP contribution in [0.3, 0.4) is 0 Å². The lowest BCUT2D eigenvalue weighted by Gasteiger charge is -2.35. The van der Waals surface area contributed by atoms with Crippen molar-refractivity contribution in [2.45, 2.75) is 59.0 Å². The molecule has 0 bridgehead atoms. The number of nitriles is 2. The van der Waals surface area contributed by atoms with Gasteiger partial charge in [-0.2, -0.15) is 10.5 Å². The number of halogens is 1. The number of hydrogen-bond acceptors (Lipinski definition) is 4. The van der Waals surface area contributed by atoms with Crippen molar-refractivity contribution in [3.63, 3.8) is 0 Å². The second-order valence-corrected chi connectivity index (χ2v) is 10.6. The molecular weight excluding hydrogens is 448 g/mol. The summed E-state index contributed by atoms with van der Waals surface area (Å²) < 4.78 is 0. The van der Waals surface area contributed by atoms with Gasteiger partial charge in [0, 0.05) is 22.7 Å². The van der Waals surface area contributed by atoms with E-state index in [9.17, 15) is 20.1 Å². The Labute approximate surface area is 206 Å². The van der Waals surface area contributed by atoms with Crippen molar-refractivity contribution in [2.75, 3.05) is 0 Å². The van der Waals surface area contributed by atoms with Gasteiger partial charge in [-0.1, -0.05) is 68.8 Å². The van der Waals surface area contributed by atoms with Gasteiger partial charge < -0.3 is 10.6 Å². The molecule has 0 aliphatic carbocycles. The van der Waals surface area contributed by atoms with Crippen molar-refractivity contribution in [3.8, 4) is 12.1 Å². The highest BCUT2D eigenvalue weighted by atomic mass is 35.5. The Balaban J connectivity index is 2.38. The molecule has 2 amide bonds. The lowest BCUT2D eigenvalue weighted by atomic mass is 9.80. The average Bonchev–Trinajstić information content (AvgIpc) is 2.74. The van der Waals surface area contributed by atoms with Gasteiger partial charge in [0.1, 0.15) is 5.92 Å². The molecule has 0 radical (unpaired) electrons. The molecule has 1 atom stereocenters. The first-order valence-electron chi connectivity index (χ1n) is 11.1. The lowest BCUT2D eigenvalue weighted by molar-refractivity contribution is -0.124. The number of benzene rings is 2. The van der Waals surface area contributed by atoms with Gasteiger partial charge in [0.25, 0.3) is 5.91 Å². The summed E-state index contributed by atoms with van der Waals surface area (Å²) in [4.78, 5) is 26.5. The molecule has 178 valence electrons. The van der Waals surface area contributed by atoms with Crippen LogP contribution in [0.1, 0.15) is 68.4 Å². The Morgan fingerprint density at radius 3 is 2.15 bits per heavy atom. The molecule has 0 saturated heterocycles. The lowest BCUT2D eigenvalue weighted by Crippen LogP contribution is -2.48. The fraction of sp³-hybridized carbons (Fsp3) is 0.407. The van der Waals surface area contributed by atoms with Crippen LogP contribution in [0, 0.1) is 34.0 Å². The fourth-order valence-electron chi connectivity index (χ4n) is 4.32. The van der Waals surface area contributed by atoms with Crippen molar-refractivity contribution < 1.29 is 9.59 Å². The standard InChI is InChI=1S/C27H31ClN4O2/c1-26(2,3)17-27(4,5)32-25(34)23(19(14-29)15-30)20-11-7-8-12-21(20)24(33)31-16-18-10-6-9-13-22(18)28/h6-13,19,23H,16-17H2,1-5H3,(H,31,33)(H,32,34). The van der Waals surface area contributed by atoms with Crippen molar-refractivity contribution in [1.82, 2.24) is 10.6 Å². The van der Waals surface area contributed by atoms with Gasteiger partial charge in [-0.25, -0.2) is 0 Å². The zero-order chi connectivity index (χ0) is 25.5. The largest absolute Gasteiger partial charge is 0.351 e. The van der Waals surface area contributed by atoms with E-state index in [-0.39, 0.29) is 17.5 Å². The summed E-state index contributed by atoms with van der Waals surface area (Å²) >= 11 is 6.19. The first kappa shape index (κ1) is 26.9. The van der Waals surface area contributed by atoms with Crippen molar-refractivity contribution in [2.24, 2.45) is 11.3 Å².